The van der Waals surface area contributed by atoms with E-state index in [9.17, 15) is 9.59 Å². The number of carbonyl (C=O) groups excluding carboxylic acids is 2. The molecule has 0 bridgehead atoms. The van der Waals surface area contributed by atoms with Crippen molar-refractivity contribution in [2.45, 2.75) is 12.8 Å². The molecule has 2 rings (SSSR count). The molecule has 1 fully saturated rings. The molecule has 6 nitrogen and oxygen atoms in total. The summed E-state index contributed by atoms with van der Waals surface area (Å²) >= 11 is 0. The maximum Gasteiger partial charge on any atom is 0.260 e. The van der Waals surface area contributed by atoms with E-state index in [1.54, 1.807) is 30.1 Å². The van der Waals surface area contributed by atoms with Gasteiger partial charge in [0.15, 0.2) is 6.61 Å². The van der Waals surface area contributed by atoms with Crippen molar-refractivity contribution in [1.29, 1.82) is 0 Å². The number of amides is 2. The molecule has 0 saturated carbocycles. The highest BCUT2D eigenvalue weighted by Crippen LogP contribution is 2.23. The van der Waals surface area contributed by atoms with Crippen LogP contribution >= 0.6 is 0 Å². The molecular weight excluding hydrogens is 258 g/mol. The minimum atomic E-state index is -0.222. The number of benzene rings is 1. The number of rotatable bonds is 4. The first-order valence-corrected chi connectivity index (χ1v) is 6.64. The van der Waals surface area contributed by atoms with Gasteiger partial charge < -0.3 is 20.7 Å². The highest BCUT2D eigenvalue weighted by molar-refractivity contribution is 5.95. The Labute approximate surface area is 117 Å². The van der Waals surface area contributed by atoms with Crippen molar-refractivity contribution < 1.29 is 14.3 Å². The molecule has 2 amide bonds. The molecule has 0 aliphatic carbocycles. The van der Waals surface area contributed by atoms with Crippen LogP contribution in [0, 0.1) is 0 Å². The van der Waals surface area contributed by atoms with Crippen LogP contribution < -0.4 is 15.8 Å². The lowest BCUT2D eigenvalue weighted by atomic mass is 10.2. The first-order chi connectivity index (χ1) is 9.61. The molecule has 108 valence electrons. The summed E-state index contributed by atoms with van der Waals surface area (Å²) in [5.41, 5.74) is 6.65. The summed E-state index contributed by atoms with van der Waals surface area (Å²) in [5, 5.41) is 2.53. The van der Waals surface area contributed by atoms with E-state index in [-0.39, 0.29) is 18.4 Å². The quantitative estimate of drug-likeness (QED) is 0.791. The van der Waals surface area contributed by atoms with Crippen LogP contribution in [-0.4, -0.2) is 43.5 Å². The molecule has 1 aromatic rings. The van der Waals surface area contributed by atoms with E-state index in [2.05, 4.69) is 5.32 Å². The number of nitrogens with one attached hydrogen (secondary N) is 1. The van der Waals surface area contributed by atoms with Gasteiger partial charge in [0.05, 0.1) is 5.69 Å². The van der Waals surface area contributed by atoms with E-state index in [0.29, 0.717) is 17.0 Å². The van der Waals surface area contributed by atoms with Gasteiger partial charge in [0, 0.05) is 25.7 Å². The summed E-state index contributed by atoms with van der Waals surface area (Å²) in [6.07, 6.45) is 2.08. The third-order valence-electron chi connectivity index (χ3n) is 3.31. The fourth-order valence-electron chi connectivity index (χ4n) is 2.14. The van der Waals surface area contributed by atoms with Gasteiger partial charge in [-0.15, -0.1) is 0 Å². The third-order valence-corrected chi connectivity index (χ3v) is 3.31. The predicted octanol–water partition coefficient (Wildman–Crippen LogP) is 0.630. The second-order valence-corrected chi connectivity index (χ2v) is 4.71. The molecule has 6 heteroatoms. The molecule has 0 unspecified atom stereocenters. The van der Waals surface area contributed by atoms with Crippen LogP contribution in [-0.2, 0) is 4.79 Å². The number of ether oxygens (including phenoxy) is 1. The lowest BCUT2D eigenvalue weighted by Crippen LogP contribution is -2.32. The summed E-state index contributed by atoms with van der Waals surface area (Å²) in [7, 11) is 1.55. The average Bonchev–Trinajstić information content (AvgIpc) is 2.99. The maximum atomic E-state index is 11.9. The molecule has 20 heavy (non-hydrogen) atoms. The predicted molar refractivity (Wildman–Crippen MR) is 75.6 cm³/mol. The minimum absolute atomic E-state index is 0.0488. The molecule has 0 spiro atoms. The Morgan fingerprint density at radius 1 is 1.35 bits per heavy atom. The van der Waals surface area contributed by atoms with Gasteiger partial charge >= 0.3 is 0 Å². The highest BCUT2D eigenvalue weighted by atomic mass is 16.5. The van der Waals surface area contributed by atoms with E-state index in [1.807, 2.05) is 0 Å². The zero-order chi connectivity index (χ0) is 14.5. The lowest BCUT2D eigenvalue weighted by Gasteiger charge is -2.16. The number of nitrogens with two attached hydrogens (primary N) is 1. The normalized spacial score (nSPS) is 14.2. The Kier molecular flexibility index (Phi) is 4.45. The molecule has 1 aliphatic heterocycles. The number of hydrogen-bond donors (Lipinski definition) is 2. The molecular formula is C14H19N3O3. The van der Waals surface area contributed by atoms with Crippen molar-refractivity contribution in [3.63, 3.8) is 0 Å². The smallest absolute Gasteiger partial charge is 0.260 e. The summed E-state index contributed by atoms with van der Waals surface area (Å²) in [4.78, 5) is 25.2. The molecule has 0 atom stereocenters. The van der Waals surface area contributed by atoms with Crippen LogP contribution in [0.2, 0.25) is 0 Å². The molecule has 0 aromatic heterocycles. The monoisotopic (exact) mass is 277 g/mol. The Hall–Kier alpha value is -2.24. The van der Waals surface area contributed by atoms with E-state index in [0.717, 1.165) is 25.9 Å². The second-order valence-electron chi connectivity index (χ2n) is 4.71. The molecule has 1 heterocycles. The van der Waals surface area contributed by atoms with Crippen molar-refractivity contribution in [2.24, 2.45) is 0 Å². The summed E-state index contributed by atoms with van der Waals surface area (Å²) in [6.45, 7) is 1.52. The summed E-state index contributed by atoms with van der Waals surface area (Å²) in [5.74, 6) is 0.0895. The van der Waals surface area contributed by atoms with E-state index in [4.69, 9.17) is 10.5 Å². The fourth-order valence-corrected chi connectivity index (χ4v) is 2.14. The first-order valence-electron chi connectivity index (χ1n) is 6.64. The van der Waals surface area contributed by atoms with E-state index >= 15 is 0 Å². The first kappa shape index (κ1) is 14.2. The van der Waals surface area contributed by atoms with Crippen LogP contribution in [0.3, 0.4) is 0 Å². The number of carbonyl (C=O) groups is 2. The van der Waals surface area contributed by atoms with Crippen molar-refractivity contribution in [1.82, 2.24) is 10.2 Å². The van der Waals surface area contributed by atoms with Crippen LogP contribution in [0.15, 0.2) is 18.2 Å². The molecule has 1 saturated heterocycles. The number of anilines is 1. The number of nitrogens with zero attached hydrogens (tertiary/aromatic N) is 1. The SMILES string of the molecule is CNC(=O)c1ccc(N)c(OCC(=O)N2CCCC2)c1. The Bertz CT molecular complexity index is 510. The highest BCUT2D eigenvalue weighted by Gasteiger charge is 2.18. The number of hydrogen-bond acceptors (Lipinski definition) is 4. The number of nitrogen functional groups attached to an aromatic ring is 1. The van der Waals surface area contributed by atoms with Crippen LogP contribution in [0.1, 0.15) is 23.2 Å². The van der Waals surface area contributed by atoms with Gasteiger partial charge in [-0.3, -0.25) is 9.59 Å². The Morgan fingerprint density at radius 3 is 2.70 bits per heavy atom. The van der Waals surface area contributed by atoms with Gasteiger partial charge in [0.1, 0.15) is 5.75 Å². The maximum absolute atomic E-state index is 11.9. The van der Waals surface area contributed by atoms with Crippen molar-refractivity contribution >= 4 is 17.5 Å². The van der Waals surface area contributed by atoms with Crippen LogP contribution in [0.25, 0.3) is 0 Å². The van der Waals surface area contributed by atoms with Gasteiger partial charge in [-0.1, -0.05) is 0 Å². The Balaban J connectivity index is 2.01. The van der Waals surface area contributed by atoms with Gasteiger partial charge in [0.2, 0.25) is 0 Å². The molecule has 0 radical (unpaired) electrons. The molecule has 1 aromatic carbocycles. The van der Waals surface area contributed by atoms with Crippen LogP contribution in [0.5, 0.6) is 5.75 Å². The summed E-state index contributed by atoms with van der Waals surface area (Å²) in [6, 6.07) is 4.76. The standard InChI is InChI=1S/C14H19N3O3/c1-16-14(19)10-4-5-11(15)12(8-10)20-9-13(18)17-6-2-3-7-17/h4-5,8H,2-3,6-7,9,15H2,1H3,(H,16,19). The van der Waals surface area contributed by atoms with Gasteiger partial charge in [-0.2, -0.15) is 0 Å². The van der Waals surface area contributed by atoms with E-state index in [1.165, 1.54) is 0 Å². The molecule has 1 aliphatic rings. The second kappa shape index (κ2) is 6.27. The minimum Gasteiger partial charge on any atom is -0.482 e. The third kappa shape index (κ3) is 3.20. The topological polar surface area (TPSA) is 84.7 Å². The van der Waals surface area contributed by atoms with E-state index < -0.39 is 0 Å². The summed E-state index contributed by atoms with van der Waals surface area (Å²) < 4.78 is 5.45. The Morgan fingerprint density at radius 2 is 2.05 bits per heavy atom. The van der Waals surface area contributed by atoms with Gasteiger partial charge in [0.25, 0.3) is 11.8 Å². The van der Waals surface area contributed by atoms with Crippen LogP contribution in [0.4, 0.5) is 5.69 Å². The average molecular weight is 277 g/mol. The fraction of sp³-hybridized carbons (Fsp3) is 0.429. The van der Waals surface area contributed by atoms with Crippen molar-refractivity contribution in [2.75, 3.05) is 32.5 Å². The molecule has 3 N–H and O–H groups in total. The number of likely N-dealkylation sites (tertiary alicyclic amines) is 1. The van der Waals surface area contributed by atoms with Crippen molar-refractivity contribution in [3.8, 4) is 5.75 Å². The largest absolute Gasteiger partial charge is 0.482 e. The van der Waals surface area contributed by atoms with Gasteiger partial charge in [-0.05, 0) is 31.0 Å². The lowest BCUT2D eigenvalue weighted by molar-refractivity contribution is -0.132. The van der Waals surface area contributed by atoms with Gasteiger partial charge in [-0.25, -0.2) is 0 Å². The van der Waals surface area contributed by atoms with Crippen molar-refractivity contribution in [3.05, 3.63) is 23.8 Å². The zero-order valence-corrected chi connectivity index (χ0v) is 11.5. The zero-order valence-electron chi connectivity index (χ0n) is 11.5.